The molecular formula is C14H29N3. The molecule has 0 aromatic heterocycles. The molecule has 1 saturated heterocycles. The average molecular weight is 239 g/mol. The Labute approximate surface area is 106 Å². The van der Waals surface area contributed by atoms with Crippen LogP contribution < -0.4 is 10.6 Å². The number of rotatable bonds is 8. The highest BCUT2D eigenvalue weighted by atomic mass is 15.2. The van der Waals surface area contributed by atoms with Crippen molar-refractivity contribution in [1.82, 2.24) is 15.5 Å². The van der Waals surface area contributed by atoms with Crippen molar-refractivity contribution < 1.29 is 0 Å². The molecule has 0 radical (unpaired) electrons. The summed E-state index contributed by atoms with van der Waals surface area (Å²) in [6.45, 7) is 9.61. The van der Waals surface area contributed by atoms with Crippen LogP contribution in [0.4, 0.5) is 0 Å². The quantitative estimate of drug-likeness (QED) is 0.628. The van der Waals surface area contributed by atoms with E-state index in [2.05, 4.69) is 22.5 Å². The van der Waals surface area contributed by atoms with Crippen LogP contribution in [0.5, 0.6) is 0 Å². The maximum atomic E-state index is 3.66. The van der Waals surface area contributed by atoms with E-state index in [1.54, 1.807) is 0 Å². The van der Waals surface area contributed by atoms with Gasteiger partial charge < -0.3 is 15.5 Å². The van der Waals surface area contributed by atoms with Gasteiger partial charge in [-0.25, -0.2) is 0 Å². The van der Waals surface area contributed by atoms with E-state index in [1.165, 1.54) is 64.8 Å². The molecule has 2 rings (SSSR count). The summed E-state index contributed by atoms with van der Waals surface area (Å²) in [5.41, 5.74) is 0. The number of likely N-dealkylation sites (tertiary alicyclic amines) is 1. The Morgan fingerprint density at radius 1 is 1.18 bits per heavy atom. The summed E-state index contributed by atoms with van der Waals surface area (Å²) in [6, 6.07) is 0.849. The van der Waals surface area contributed by atoms with Crippen LogP contribution in [0, 0.1) is 5.92 Å². The molecule has 1 aliphatic carbocycles. The van der Waals surface area contributed by atoms with Gasteiger partial charge in [-0.1, -0.05) is 13.3 Å². The summed E-state index contributed by atoms with van der Waals surface area (Å²) >= 11 is 0. The Bertz CT molecular complexity index is 204. The Morgan fingerprint density at radius 2 is 2.06 bits per heavy atom. The number of hydrogen-bond donors (Lipinski definition) is 2. The molecule has 2 fully saturated rings. The molecule has 17 heavy (non-hydrogen) atoms. The van der Waals surface area contributed by atoms with Gasteiger partial charge in [-0.2, -0.15) is 0 Å². The zero-order valence-corrected chi connectivity index (χ0v) is 11.4. The normalized spacial score (nSPS) is 26.3. The molecule has 0 aromatic rings. The van der Waals surface area contributed by atoms with Crippen molar-refractivity contribution in [1.29, 1.82) is 0 Å². The number of nitrogens with one attached hydrogen (secondary N) is 2. The molecule has 1 aliphatic heterocycles. The first-order chi connectivity index (χ1) is 8.38. The molecule has 2 N–H and O–H groups in total. The zero-order chi connectivity index (χ0) is 11.9. The Balaban J connectivity index is 1.48. The molecular weight excluding hydrogens is 210 g/mol. The van der Waals surface area contributed by atoms with Crippen LogP contribution in [-0.4, -0.2) is 50.2 Å². The van der Waals surface area contributed by atoms with Crippen LogP contribution in [0.1, 0.15) is 39.0 Å². The third-order valence-electron chi connectivity index (χ3n) is 4.32. The molecule has 3 nitrogen and oxygen atoms in total. The second-order valence-corrected chi connectivity index (χ2v) is 5.68. The Morgan fingerprint density at radius 3 is 2.76 bits per heavy atom. The van der Waals surface area contributed by atoms with Crippen LogP contribution in [0.15, 0.2) is 0 Å². The van der Waals surface area contributed by atoms with Crippen molar-refractivity contribution >= 4 is 0 Å². The fourth-order valence-electron chi connectivity index (χ4n) is 2.87. The zero-order valence-electron chi connectivity index (χ0n) is 11.4. The average Bonchev–Trinajstić information content (AvgIpc) is 2.70. The fourth-order valence-corrected chi connectivity index (χ4v) is 2.87. The summed E-state index contributed by atoms with van der Waals surface area (Å²) in [5.74, 6) is 0.942. The van der Waals surface area contributed by atoms with Crippen LogP contribution >= 0.6 is 0 Å². The van der Waals surface area contributed by atoms with E-state index in [9.17, 15) is 0 Å². The largest absolute Gasteiger partial charge is 0.317 e. The lowest BCUT2D eigenvalue weighted by Crippen LogP contribution is -2.40. The maximum Gasteiger partial charge on any atom is 0.0107 e. The summed E-state index contributed by atoms with van der Waals surface area (Å²) in [6.07, 6.45) is 7.03. The van der Waals surface area contributed by atoms with Crippen molar-refractivity contribution in [3.63, 3.8) is 0 Å². The lowest BCUT2D eigenvalue weighted by molar-refractivity contribution is 0.284. The Kier molecular flexibility index (Phi) is 5.75. The van der Waals surface area contributed by atoms with Crippen molar-refractivity contribution in [2.24, 2.45) is 5.92 Å². The van der Waals surface area contributed by atoms with Gasteiger partial charge in [0.05, 0.1) is 0 Å². The standard InChI is InChI=1S/C14H29N3/c1-2-15-8-6-13-7-10-17(12-13)11-9-16-14-4-3-5-14/h13-16H,2-12H2,1H3. The van der Waals surface area contributed by atoms with E-state index in [1.807, 2.05) is 0 Å². The SMILES string of the molecule is CCNCCC1CCN(CCNC2CCC2)C1. The monoisotopic (exact) mass is 239 g/mol. The summed E-state index contributed by atoms with van der Waals surface area (Å²) in [7, 11) is 0. The van der Waals surface area contributed by atoms with Gasteiger partial charge in [0.25, 0.3) is 0 Å². The number of hydrogen-bond acceptors (Lipinski definition) is 3. The predicted molar refractivity (Wildman–Crippen MR) is 73.3 cm³/mol. The number of nitrogens with zero attached hydrogens (tertiary/aromatic N) is 1. The van der Waals surface area contributed by atoms with E-state index >= 15 is 0 Å². The van der Waals surface area contributed by atoms with Crippen molar-refractivity contribution in [3.05, 3.63) is 0 Å². The third kappa shape index (κ3) is 4.57. The highest BCUT2D eigenvalue weighted by Gasteiger charge is 2.22. The van der Waals surface area contributed by atoms with Crippen LogP contribution in [-0.2, 0) is 0 Å². The lowest BCUT2D eigenvalue weighted by Gasteiger charge is -2.27. The smallest absolute Gasteiger partial charge is 0.0107 e. The molecule has 0 aromatic carbocycles. The topological polar surface area (TPSA) is 27.3 Å². The second kappa shape index (κ2) is 7.34. The van der Waals surface area contributed by atoms with Crippen LogP contribution in [0.25, 0.3) is 0 Å². The van der Waals surface area contributed by atoms with Crippen LogP contribution in [0.2, 0.25) is 0 Å². The van der Waals surface area contributed by atoms with Gasteiger partial charge in [0, 0.05) is 25.7 Å². The van der Waals surface area contributed by atoms with Gasteiger partial charge in [-0.3, -0.25) is 0 Å². The highest BCUT2D eigenvalue weighted by Crippen LogP contribution is 2.19. The molecule has 0 spiro atoms. The Hall–Kier alpha value is -0.120. The molecule has 100 valence electrons. The van der Waals surface area contributed by atoms with Gasteiger partial charge in [-0.05, 0) is 51.2 Å². The van der Waals surface area contributed by atoms with Gasteiger partial charge in [0.1, 0.15) is 0 Å². The second-order valence-electron chi connectivity index (χ2n) is 5.68. The minimum Gasteiger partial charge on any atom is -0.317 e. The molecule has 1 heterocycles. The van der Waals surface area contributed by atoms with E-state index in [4.69, 9.17) is 0 Å². The van der Waals surface area contributed by atoms with E-state index in [0.717, 1.165) is 18.5 Å². The molecule has 2 aliphatic rings. The van der Waals surface area contributed by atoms with E-state index in [0.29, 0.717) is 0 Å². The first kappa shape index (κ1) is 13.3. The summed E-state index contributed by atoms with van der Waals surface area (Å²) in [4.78, 5) is 2.64. The first-order valence-electron chi connectivity index (χ1n) is 7.55. The first-order valence-corrected chi connectivity index (χ1v) is 7.55. The van der Waals surface area contributed by atoms with Crippen molar-refractivity contribution in [2.45, 2.75) is 45.1 Å². The van der Waals surface area contributed by atoms with E-state index in [-0.39, 0.29) is 0 Å². The molecule has 1 saturated carbocycles. The lowest BCUT2D eigenvalue weighted by atomic mass is 9.93. The minimum atomic E-state index is 0.849. The minimum absolute atomic E-state index is 0.849. The fraction of sp³-hybridized carbons (Fsp3) is 1.00. The summed E-state index contributed by atoms with van der Waals surface area (Å²) < 4.78 is 0. The van der Waals surface area contributed by atoms with Crippen LogP contribution in [0.3, 0.4) is 0 Å². The van der Waals surface area contributed by atoms with Gasteiger partial charge >= 0.3 is 0 Å². The summed E-state index contributed by atoms with van der Waals surface area (Å²) in [5, 5.41) is 7.09. The molecule has 1 atom stereocenters. The van der Waals surface area contributed by atoms with Gasteiger partial charge in [-0.15, -0.1) is 0 Å². The highest BCUT2D eigenvalue weighted by molar-refractivity contribution is 4.79. The van der Waals surface area contributed by atoms with E-state index < -0.39 is 0 Å². The van der Waals surface area contributed by atoms with Gasteiger partial charge in [0.15, 0.2) is 0 Å². The molecule has 0 bridgehead atoms. The molecule has 1 unspecified atom stereocenters. The predicted octanol–water partition coefficient (Wildman–Crippen LogP) is 1.45. The van der Waals surface area contributed by atoms with Crippen molar-refractivity contribution in [3.8, 4) is 0 Å². The molecule has 0 amide bonds. The van der Waals surface area contributed by atoms with Crippen molar-refractivity contribution in [2.75, 3.05) is 39.3 Å². The molecule has 3 heteroatoms. The third-order valence-corrected chi connectivity index (χ3v) is 4.32. The maximum absolute atomic E-state index is 3.66. The van der Waals surface area contributed by atoms with Gasteiger partial charge in [0.2, 0.25) is 0 Å².